The summed E-state index contributed by atoms with van der Waals surface area (Å²) in [5.74, 6) is -4.83. The molecule has 0 aliphatic heterocycles. The Morgan fingerprint density at radius 2 is 1.44 bits per heavy atom. The van der Waals surface area contributed by atoms with Crippen molar-refractivity contribution in [2.24, 2.45) is 29.4 Å². The first-order valence-corrected chi connectivity index (χ1v) is 21.7. The summed E-state index contributed by atoms with van der Waals surface area (Å²) in [4.78, 5) is 94.6. The van der Waals surface area contributed by atoms with Gasteiger partial charge in [0.1, 0.15) is 18.1 Å². The second-order valence-corrected chi connectivity index (χ2v) is 18.0. The van der Waals surface area contributed by atoms with E-state index in [9.17, 15) is 38.7 Å². The van der Waals surface area contributed by atoms with E-state index in [1.165, 1.54) is 25.9 Å². The van der Waals surface area contributed by atoms with E-state index in [-0.39, 0.29) is 48.5 Å². The first kappa shape index (κ1) is 54.5. The molecule has 1 aromatic rings. The number of likely N-dealkylation sites (N-methyl/N-ethyl adjacent to an activating group) is 2. The summed E-state index contributed by atoms with van der Waals surface area (Å²) in [5.41, 5.74) is 5.98. The lowest BCUT2D eigenvalue weighted by atomic mass is 9.85. The molecule has 61 heavy (non-hydrogen) atoms. The van der Waals surface area contributed by atoms with Gasteiger partial charge in [-0.1, -0.05) is 91.1 Å². The Morgan fingerprint density at radius 3 is 1.95 bits per heavy atom. The highest BCUT2D eigenvalue weighted by Crippen LogP contribution is 2.23. The molecule has 16 heteroatoms. The number of carboxylic acids is 1. The van der Waals surface area contributed by atoms with Crippen LogP contribution in [0.5, 0.6) is 0 Å². The van der Waals surface area contributed by atoms with Crippen LogP contribution in [0.1, 0.15) is 114 Å². The first-order valence-electron chi connectivity index (χ1n) is 21.3. The van der Waals surface area contributed by atoms with Crippen LogP contribution in [-0.4, -0.2) is 113 Å². The Morgan fingerprint density at radius 1 is 0.869 bits per heavy atom. The lowest BCUT2D eigenvalue weighted by Gasteiger charge is -2.33. The van der Waals surface area contributed by atoms with Gasteiger partial charge < -0.3 is 41.3 Å². The molecule has 344 valence electrons. The number of nitrogens with zero attached hydrogens (tertiary/aromatic N) is 2. The first-order chi connectivity index (χ1) is 28.2. The minimum absolute atomic E-state index is 0.0340. The number of hydrogen-bond donors (Lipinski definition) is 5. The Balaban J connectivity index is 3.17. The minimum atomic E-state index is -1.22. The van der Waals surface area contributed by atoms with Crippen molar-refractivity contribution in [1.29, 1.82) is 0 Å². The smallest absolute Gasteiger partial charge is 0.334 e. The molecule has 0 spiro atoms. The molecule has 0 radical (unpaired) electrons. The maximum absolute atomic E-state index is 14.0. The average Bonchev–Trinajstić information content (AvgIpc) is 3.18. The maximum Gasteiger partial charge on any atom is 0.334 e. The number of hydrogen-bond acceptors (Lipinski definition) is 9. The maximum atomic E-state index is 14.0. The largest absolute Gasteiger partial charge is 0.480 e. The highest BCUT2D eigenvalue weighted by molar-refractivity contribution is 6.30. The summed E-state index contributed by atoms with van der Waals surface area (Å²) in [6, 6.07) is 3.14. The fourth-order valence-electron chi connectivity index (χ4n) is 6.63. The summed E-state index contributed by atoms with van der Waals surface area (Å²) in [6.45, 7) is 19.4. The van der Waals surface area contributed by atoms with Crippen LogP contribution in [-0.2, 0) is 44.7 Å². The molecular formula is C45H73ClN6O9. The SMILES string of the molecule is CCC(C)[C@@H](NC(=O)C(C)(C)N)[C@@H](C)CC/C=C(\C)C(=O)O[C@H](CC(C)C)C(=O)N[C@H](C)C(=O)N(C)[C@H](Cc1ccc(Cl)cc1)C(=O)N(C)CC(=O)N[C@H](C(=O)O)[C@H](C)CC. The van der Waals surface area contributed by atoms with Crippen molar-refractivity contribution in [1.82, 2.24) is 25.8 Å². The predicted octanol–water partition coefficient (Wildman–Crippen LogP) is 4.88. The summed E-state index contributed by atoms with van der Waals surface area (Å²) in [7, 11) is 2.80. The van der Waals surface area contributed by atoms with Gasteiger partial charge in [-0.05, 0) is 88.3 Å². The Bertz CT molecular complexity index is 1680. The number of amides is 5. The number of nitrogens with one attached hydrogen (secondary N) is 3. The number of benzene rings is 1. The highest BCUT2D eigenvalue weighted by Gasteiger charge is 2.35. The molecular weight excluding hydrogens is 804 g/mol. The van der Waals surface area contributed by atoms with Crippen LogP contribution in [0, 0.1) is 23.7 Å². The Hall–Kier alpha value is -4.50. The number of nitrogens with two attached hydrogens (primary N) is 1. The van der Waals surface area contributed by atoms with Crippen LogP contribution in [0.15, 0.2) is 35.9 Å². The van der Waals surface area contributed by atoms with E-state index in [0.717, 1.165) is 11.3 Å². The summed E-state index contributed by atoms with van der Waals surface area (Å²) >= 11 is 6.09. The average molecular weight is 878 g/mol. The summed E-state index contributed by atoms with van der Waals surface area (Å²) in [5, 5.41) is 18.4. The van der Waals surface area contributed by atoms with Crippen LogP contribution < -0.4 is 21.7 Å². The van der Waals surface area contributed by atoms with Crippen LogP contribution in [0.4, 0.5) is 0 Å². The van der Waals surface area contributed by atoms with Crippen molar-refractivity contribution < 1.29 is 43.4 Å². The number of ether oxygens (including phenoxy) is 1. The number of carbonyl (C=O) groups excluding carboxylic acids is 6. The molecule has 5 amide bonds. The van der Waals surface area contributed by atoms with Gasteiger partial charge in [0.05, 0.1) is 12.1 Å². The molecule has 1 unspecified atom stereocenters. The van der Waals surface area contributed by atoms with Gasteiger partial charge >= 0.3 is 11.9 Å². The van der Waals surface area contributed by atoms with Gasteiger partial charge in [0.25, 0.3) is 5.91 Å². The van der Waals surface area contributed by atoms with Crippen molar-refractivity contribution in [2.75, 3.05) is 20.6 Å². The highest BCUT2D eigenvalue weighted by atomic mass is 35.5. The van der Waals surface area contributed by atoms with Crippen LogP contribution in [0.2, 0.25) is 5.02 Å². The van der Waals surface area contributed by atoms with Gasteiger partial charge in [0, 0.05) is 37.2 Å². The molecule has 0 fully saturated rings. The lowest BCUT2D eigenvalue weighted by Crippen LogP contribution is -2.56. The molecule has 0 bridgehead atoms. The summed E-state index contributed by atoms with van der Waals surface area (Å²) < 4.78 is 5.72. The van der Waals surface area contributed by atoms with Crippen LogP contribution in [0.3, 0.4) is 0 Å². The van der Waals surface area contributed by atoms with Gasteiger partial charge in [-0.2, -0.15) is 0 Å². The minimum Gasteiger partial charge on any atom is -0.480 e. The van der Waals surface area contributed by atoms with E-state index in [1.54, 1.807) is 65.0 Å². The molecule has 0 aliphatic carbocycles. The Labute approximate surface area is 368 Å². The van der Waals surface area contributed by atoms with E-state index in [2.05, 4.69) is 29.8 Å². The number of esters is 1. The van der Waals surface area contributed by atoms with Crippen molar-refractivity contribution in [3.63, 3.8) is 0 Å². The quantitative estimate of drug-likeness (QED) is 0.0663. The molecule has 1 aromatic carbocycles. The third-order valence-electron chi connectivity index (χ3n) is 11.1. The van der Waals surface area contributed by atoms with Crippen LogP contribution >= 0.6 is 11.6 Å². The van der Waals surface area contributed by atoms with E-state index in [0.29, 0.717) is 35.4 Å². The second kappa shape index (κ2) is 25.4. The molecule has 6 N–H and O–H groups in total. The molecule has 0 heterocycles. The second-order valence-electron chi connectivity index (χ2n) is 17.6. The fraction of sp³-hybridized carbons (Fsp3) is 0.667. The molecule has 8 atom stereocenters. The molecule has 1 rings (SSSR count). The van der Waals surface area contributed by atoms with Gasteiger partial charge in [-0.3, -0.25) is 24.0 Å². The van der Waals surface area contributed by atoms with E-state index in [4.69, 9.17) is 22.1 Å². The molecule has 0 saturated heterocycles. The Kier molecular flexibility index (Phi) is 22.7. The third-order valence-corrected chi connectivity index (χ3v) is 11.4. The number of halogens is 1. The van der Waals surface area contributed by atoms with Crippen molar-refractivity contribution in [2.45, 2.75) is 150 Å². The predicted molar refractivity (Wildman–Crippen MR) is 237 cm³/mol. The number of carbonyl (C=O) groups is 7. The topological polar surface area (TPSA) is 218 Å². The van der Waals surface area contributed by atoms with Crippen LogP contribution in [0.25, 0.3) is 0 Å². The summed E-state index contributed by atoms with van der Waals surface area (Å²) in [6.07, 6.45) is 3.29. The fourth-order valence-corrected chi connectivity index (χ4v) is 6.76. The standard InChI is InChI=1S/C45H73ClN6O9/c1-14-27(5)37(50-44(60)45(10,11)47)29(7)17-16-18-30(8)43(59)61-35(23-26(3)4)39(54)48-31(9)40(55)52(13)34(24-32-19-21-33(46)22-20-32)41(56)51(12)25-36(53)49-38(42(57)58)28(6)15-2/h18-22,26-29,31,34-35,37-38H,14-17,23-25,47H2,1-13H3,(H,48,54)(H,49,53)(H,50,60)(H,57,58)/b30-18+/t27?,28-,29+,31-,34-,35-,37-,38+/m1/s1. The van der Waals surface area contributed by atoms with Crippen molar-refractivity contribution >= 4 is 53.1 Å². The third kappa shape index (κ3) is 18.2. The molecule has 0 aliphatic rings. The normalized spacial score (nSPS) is 15.8. The zero-order valence-electron chi connectivity index (χ0n) is 38.6. The number of aliphatic carboxylic acids is 1. The monoisotopic (exact) mass is 877 g/mol. The molecule has 0 aromatic heterocycles. The van der Waals surface area contributed by atoms with Crippen molar-refractivity contribution in [3.05, 3.63) is 46.5 Å². The molecule has 0 saturated carbocycles. The number of rotatable bonds is 25. The van der Waals surface area contributed by atoms with E-state index < -0.39 is 71.9 Å². The number of allylic oxidation sites excluding steroid dienone is 1. The molecule has 15 nitrogen and oxygen atoms in total. The number of carboxylic acid groups (broad SMARTS) is 1. The van der Waals surface area contributed by atoms with Gasteiger partial charge in [-0.15, -0.1) is 0 Å². The van der Waals surface area contributed by atoms with E-state index >= 15 is 0 Å². The zero-order valence-corrected chi connectivity index (χ0v) is 39.4. The van der Waals surface area contributed by atoms with Crippen molar-refractivity contribution in [3.8, 4) is 0 Å². The zero-order chi connectivity index (χ0) is 46.9. The van der Waals surface area contributed by atoms with Gasteiger partial charge in [0.2, 0.25) is 23.6 Å². The van der Waals surface area contributed by atoms with E-state index in [1.807, 2.05) is 20.8 Å². The van der Waals surface area contributed by atoms with Gasteiger partial charge in [-0.25, -0.2) is 9.59 Å². The lowest BCUT2D eigenvalue weighted by molar-refractivity contribution is -0.154. The van der Waals surface area contributed by atoms with Gasteiger partial charge in [0.15, 0.2) is 6.10 Å².